The van der Waals surface area contributed by atoms with Crippen LogP contribution in [0.2, 0.25) is 0 Å². The Balaban J connectivity index is 0.00000364. The number of hydrogen-bond acceptors (Lipinski definition) is 5. The van der Waals surface area contributed by atoms with Crippen molar-refractivity contribution in [3.63, 3.8) is 0 Å². The van der Waals surface area contributed by atoms with Crippen molar-refractivity contribution >= 4 is 28.1 Å². The Morgan fingerprint density at radius 3 is 2.37 bits per heavy atom. The predicted octanol–water partition coefficient (Wildman–Crippen LogP) is 3.05. The molecule has 1 aliphatic heterocycles. The molecule has 0 atom stereocenters. The molecule has 1 N–H and O–H groups in total. The number of piperidine rings is 1. The molecule has 2 rings (SSSR count). The van der Waals surface area contributed by atoms with Gasteiger partial charge in [0, 0.05) is 25.2 Å². The molecule has 1 saturated heterocycles. The number of hydrogen-bond donors (Lipinski definition) is 1. The summed E-state index contributed by atoms with van der Waals surface area (Å²) in [5.41, 5.74) is -2.32. The normalized spacial score (nSPS) is 16.7. The molecule has 27 heavy (non-hydrogen) atoms. The Morgan fingerprint density at radius 2 is 1.89 bits per heavy atom. The number of nitro benzene ring substituents is 1. The zero-order valence-electron chi connectivity index (χ0n) is 14.5. The molecule has 0 spiro atoms. The second-order valence-electron chi connectivity index (χ2n) is 6.09. The SMILES string of the molecule is CCNCC1CCN(S(=O)(=O)c2ccc([N+](=O)[O-])cc2C(F)(F)F)CC1.Cl. The fourth-order valence-electron chi connectivity index (χ4n) is 2.92. The summed E-state index contributed by atoms with van der Waals surface area (Å²) >= 11 is 0. The maximum Gasteiger partial charge on any atom is 0.417 e. The molecule has 0 aliphatic carbocycles. The minimum atomic E-state index is -5.02. The van der Waals surface area contributed by atoms with E-state index in [-0.39, 0.29) is 37.5 Å². The Bertz CT molecular complexity index is 766. The highest BCUT2D eigenvalue weighted by Crippen LogP contribution is 2.38. The monoisotopic (exact) mass is 431 g/mol. The van der Waals surface area contributed by atoms with Gasteiger partial charge in [-0.1, -0.05) is 6.92 Å². The van der Waals surface area contributed by atoms with Crippen LogP contribution in [0.1, 0.15) is 25.3 Å². The number of nitrogens with one attached hydrogen (secondary N) is 1. The Morgan fingerprint density at radius 1 is 1.30 bits per heavy atom. The van der Waals surface area contributed by atoms with Crippen molar-refractivity contribution in [3.8, 4) is 0 Å². The summed E-state index contributed by atoms with van der Waals surface area (Å²) in [7, 11) is -4.39. The van der Waals surface area contributed by atoms with Crippen LogP contribution < -0.4 is 5.32 Å². The Kier molecular flexibility index (Phi) is 8.02. The van der Waals surface area contributed by atoms with E-state index in [0.717, 1.165) is 23.5 Å². The summed E-state index contributed by atoms with van der Waals surface area (Å²) < 4.78 is 66.2. The lowest BCUT2D eigenvalue weighted by atomic mass is 9.98. The first kappa shape index (κ1) is 23.6. The molecule has 1 aromatic rings. The number of non-ortho nitro benzene ring substituents is 1. The minimum absolute atomic E-state index is 0. The number of benzene rings is 1. The van der Waals surface area contributed by atoms with Crippen molar-refractivity contribution in [1.29, 1.82) is 0 Å². The fraction of sp³-hybridized carbons (Fsp3) is 0.600. The van der Waals surface area contributed by atoms with Crippen molar-refractivity contribution in [3.05, 3.63) is 33.9 Å². The van der Waals surface area contributed by atoms with Gasteiger partial charge in [0.25, 0.3) is 5.69 Å². The zero-order chi connectivity index (χ0) is 19.5. The number of alkyl halides is 3. The van der Waals surface area contributed by atoms with E-state index in [1.165, 1.54) is 0 Å². The number of nitro groups is 1. The van der Waals surface area contributed by atoms with E-state index in [1.807, 2.05) is 6.92 Å². The van der Waals surface area contributed by atoms with Gasteiger partial charge < -0.3 is 5.32 Å². The highest BCUT2D eigenvalue weighted by Gasteiger charge is 2.41. The Labute approximate surface area is 161 Å². The van der Waals surface area contributed by atoms with Gasteiger partial charge in [-0.25, -0.2) is 8.42 Å². The lowest BCUT2D eigenvalue weighted by molar-refractivity contribution is -0.385. The predicted molar refractivity (Wildman–Crippen MR) is 95.4 cm³/mol. The maximum atomic E-state index is 13.3. The zero-order valence-corrected chi connectivity index (χ0v) is 16.2. The lowest BCUT2D eigenvalue weighted by Crippen LogP contribution is -2.41. The van der Waals surface area contributed by atoms with E-state index in [1.54, 1.807) is 0 Å². The molecule has 7 nitrogen and oxygen atoms in total. The lowest BCUT2D eigenvalue weighted by Gasteiger charge is -2.31. The molecule has 1 fully saturated rings. The summed E-state index contributed by atoms with van der Waals surface area (Å²) in [5.74, 6) is 0.264. The molecule has 1 aliphatic rings. The average Bonchev–Trinajstić information content (AvgIpc) is 2.59. The summed E-state index contributed by atoms with van der Waals surface area (Å²) in [4.78, 5) is 8.81. The van der Waals surface area contributed by atoms with Crippen molar-refractivity contribution in [2.24, 2.45) is 5.92 Å². The molecule has 12 heteroatoms. The van der Waals surface area contributed by atoms with Crippen LogP contribution >= 0.6 is 12.4 Å². The van der Waals surface area contributed by atoms with Crippen LogP contribution in [0.15, 0.2) is 23.1 Å². The topological polar surface area (TPSA) is 92.6 Å². The summed E-state index contributed by atoms with van der Waals surface area (Å²) in [6.45, 7) is 3.71. The molecule has 0 amide bonds. The van der Waals surface area contributed by atoms with E-state index in [0.29, 0.717) is 18.9 Å². The van der Waals surface area contributed by atoms with E-state index in [9.17, 15) is 31.7 Å². The molecule has 0 bridgehead atoms. The van der Waals surface area contributed by atoms with E-state index < -0.39 is 37.3 Å². The largest absolute Gasteiger partial charge is 0.417 e. The molecular weight excluding hydrogens is 411 g/mol. The van der Waals surface area contributed by atoms with Crippen molar-refractivity contribution < 1.29 is 26.5 Å². The number of sulfonamides is 1. The standard InChI is InChI=1S/C15H20F3N3O4S.ClH/c1-2-19-10-11-5-7-20(8-6-11)26(24,25)14-4-3-12(21(22)23)9-13(14)15(16,17)18;/h3-4,9,11,19H,2,5-8,10H2,1H3;1H. The van der Waals surface area contributed by atoms with Crippen LogP contribution in [-0.2, 0) is 16.2 Å². The highest BCUT2D eigenvalue weighted by atomic mass is 35.5. The van der Waals surface area contributed by atoms with Crippen LogP contribution in [0.5, 0.6) is 0 Å². The minimum Gasteiger partial charge on any atom is -0.317 e. The van der Waals surface area contributed by atoms with Gasteiger partial charge in [0.2, 0.25) is 10.0 Å². The van der Waals surface area contributed by atoms with Gasteiger partial charge in [0.05, 0.1) is 15.4 Å². The quantitative estimate of drug-likeness (QED) is 0.552. The summed E-state index contributed by atoms with van der Waals surface area (Å²) in [6, 6.07) is 1.71. The third-order valence-corrected chi connectivity index (χ3v) is 6.31. The van der Waals surface area contributed by atoms with Crippen molar-refractivity contribution in [2.45, 2.75) is 30.8 Å². The summed E-state index contributed by atoms with van der Waals surface area (Å²) in [6.07, 6.45) is -3.93. The molecule has 0 radical (unpaired) electrons. The van der Waals surface area contributed by atoms with Gasteiger partial charge >= 0.3 is 6.18 Å². The van der Waals surface area contributed by atoms with Crippen molar-refractivity contribution in [1.82, 2.24) is 9.62 Å². The number of rotatable bonds is 6. The average molecular weight is 432 g/mol. The molecule has 0 unspecified atom stereocenters. The highest BCUT2D eigenvalue weighted by molar-refractivity contribution is 7.89. The van der Waals surface area contributed by atoms with Crippen molar-refractivity contribution in [2.75, 3.05) is 26.2 Å². The first-order chi connectivity index (χ1) is 12.1. The number of halogens is 4. The van der Waals surface area contributed by atoms with E-state index >= 15 is 0 Å². The first-order valence-electron chi connectivity index (χ1n) is 8.14. The smallest absolute Gasteiger partial charge is 0.317 e. The van der Waals surface area contributed by atoms with E-state index in [4.69, 9.17) is 0 Å². The Hall–Kier alpha value is -1.43. The van der Waals surface area contributed by atoms with Crippen LogP contribution in [0.4, 0.5) is 18.9 Å². The van der Waals surface area contributed by atoms with Gasteiger partial charge in [-0.15, -0.1) is 12.4 Å². The first-order valence-corrected chi connectivity index (χ1v) is 9.58. The van der Waals surface area contributed by atoms with Gasteiger partial charge in [-0.05, 0) is 37.9 Å². The van der Waals surface area contributed by atoms with Gasteiger partial charge in [0.1, 0.15) is 0 Å². The third kappa shape index (κ3) is 5.53. The second kappa shape index (κ2) is 9.18. The molecule has 1 heterocycles. The third-order valence-electron chi connectivity index (χ3n) is 4.35. The second-order valence-corrected chi connectivity index (χ2v) is 8.00. The summed E-state index contributed by atoms with van der Waals surface area (Å²) in [5, 5.41) is 13.9. The molecule has 0 aromatic heterocycles. The fourth-order valence-corrected chi connectivity index (χ4v) is 4.58. The molecular formula is C15H21ClF3N3O4S. The molecule has 1 aromatic carbocycles. The van der Waals surface area contributed by atoms with Gasteiger partial charge in [0.15, 0.2) is 0 Å². The van der Waals surface area contributed by atoms with Gasteiger partial charge in [-0.2, -0.15) is 17.5 Å². The molecule has 154 valence electrons. The van der Waals surface area contributed by atoms with Crippen LogP contribution in [0, 0.1) is 16.0 Å². The maximum absolute atomic E-state index is 13.3. The van der Waals surface area contributed by atoms with Crippen LogP contribution in [-0.4, -0.2) is 43.8 Å². The molecule has 0 saturated carbocycles. The van der Waals surface area contributed by atoms with Crippen LogP contribution in [0.3, 0.4) is 0 Å². The van der Waals surface area contributed by atoms with Gasteiger partial charge in [-0.3, -0.25) is 10.1 Å². The number of nitrogens with zero attached hydrogens (tertiary/aromatic N) is 2. The van der Waals surface area contributed by atoms with Crippen LogP contribution in [0.25, 0.3) is 0 Å². The van der Waals surface area contributed by atoms with E-state index in [2.05, 4.69) is 5.32 Å².